The number of halogens is 2. The molecule has 0 amide bonds. The Morgan fingerprint density at radius 2 is 1.95 bits per heavy atom. The average molecular weight is 294 g/mol. The molecule has 0 saturated heterocycles. The first kappa shape index (κ1) is 14.3. The number of likely N-dealkylation sites (N-methyl/N-ethyl adjacent to an activating group) is 1. The largest absolute Gasteiger partial charge is 0.455 e. The maximum Gasteiger partial charge on any atom is 0.333 e. The summed E-state index contributed by atoms with van der Waals surface area (Å²) in [4.78, 5) is 4.65. The van der Waals surface area contributed by atoms with Gasteiger partial charge in [0.2, 0.25) is 6.17 Å². The van der Waals surface area contributed by atoms with Crippen LogP contribution in [0.3, 0.4) is 0 Å². The highest BCUT2D eigenvalue weighted by Crippen LogP contribution is 2.25. The van der Waals surface area contributed by atoms with E-state index >= 15 is 0 Å². The summed E-state index contributed by atoms with van der Waals surface area (Å²) in [6, 6.07) is 6.79. The number of rotatable bonds is 3. The molecule has 20 heavy (non-hydrogen) atoms. The van der Waals surface area contributed by atoms with Crippen LogP contribution in [0.5, 0.6) is 5.75 Å². The maximum absolute atomic E-state index is 13.7. The Balaban J connectivity index is 2.33. The Kier molecular flexibility index (Phi) is 4.23. The van der Waals surface area contributed by atoms with Gasteiger partial charge in [-0.15, -0.1) is 0 Å². The number of alkyl halides is 1. The summed E-state index contributed by atoms with van der Waals surface area (Å²) in [6.07, 6.45) is 1.24. The molecule has 1 aromatic rings. The van der Waals surface area contributed by atoms with Crippen LogP contribution in [0, 0.1) is 0 Å². The molecule has 104 valence electrons. The highest BCUT2D eigenvalue weighted by Gasteiger charge is 2.29. The van der Waals surface area contributed by atoms with E-state index < -0.39 is 6.17 Å². The normalized spacial score (nSPS) is 18.0. The first-order chi connectivity index (χ1) is 9.51. The first-order valence-electron chi connectivity index (χ1n) is 5.92. The lowest BCUT2D eigenvalue weighted by Gasteiger charge is -2.22. The topological polar surface area (TPSA) is 48.9 Å². The fourth-order valence-electron chi connectivity index (χ4n) is 1.76. The molecule has 1 aromatic carbocycles. The van der Waals surface area contributed by atoms with Crippen molar-refractivity contribution in [3.8, 4) is 5.75 Å². The molecule has 0 N–H and O–H groups in total. The van der Waals surface area contributed by atoms with E-state index in [2.05, 4.69) is 4.79 Å². The third-order valence-electron chi connectivity index (χ3n) is 2.76. The molecule has 0 saturated carbocycles. The summed E-state index contributed by atoms with van der Waals surface area (Å²) in [5.74, 6) is 0.960. The van der Waals surface area contributed by atoms with Gasteiger partial charge in [-0.1, -0.05) is 11.6 Å². The van der Waals surface area contributed by atoms with Crippen molar-refractivity contribution in [2.45, 2.75) is 6.17 Å². The predicted molar refractivity (Wildman–Crippen MR) is 75.5 cm³/mol. The zero-order valence-corrected chi connectivity index (χ0v) is 11.8. The Labute approximate surface area is 121 Å². The Morgan fingerprint density at radius 1 is 1.30 bits per heavy atom. The molecule has 0 aliphatic heterocycles. The smallest absolute Gasteiger partial charge is 0.333 e. The van der Waals surface area contributed by atoms with Gasteiger partial charge >= 0.3 is 5.71 Å². The van der Waals surface area contributed by atoms with Crippen molar-refractivity contribution < 1.29 is 13.9 Å². The van der Waals surface area contributed by atoms with Crippen LogP contribution in [0.1, 0.15) is 0 Å². The van der Waals surface area contributed by atoms with Gasteiger partial charge in [-0.3, -0.25) is 0 Å². The SMILES string of the molecule is CN(C)C1=CC(F)C(=[N+]=[N-])C=C1Oc1ccc(Cl)cc1. The standard InChI is InChI=1S/C14H13ClFN3O/c1-19(2)13-7-11(16)12(18-17)8-14(13)20-10-5-3-9(15)4-6-10/h3-8,11H,1-2H3. The van der Waals surface area contributed by atoms with E-state index in [4.69, 9.17) is 21.9 Å². The van der Waals surface area contributed by atoms with Crippen LogP contribution in [-0.4, -0.2) is 35.7 Å². The zero-order valence-electron chi connectivity index (χ0n) is 11.0. The molecule has 0 aromatic heterocycles. The van der Waals surface area contributed by atoms with Gasteiger partial charge in [-0.05, 0) is 30.3 Å². The molecule has 1 atom stereocenters. The van der Waals surface area contributed by atoms with Crippen molar-refractivity contribution in [1.82, 2.24) is 4.90 Å². The number of nitrogens with zero attached hydrogens (tertiary/aromatic N) is 3. The molecule has 0 fully saturated rings. The maximum atomic E-state index is 13.7. The summed E-state index contributed by atoms with van der Waals surface area (Å²) < 4.78 is 19.4. The van der Waals surface area contributed by atoms with Crippen molar-refractivity contribution in [3.63, 3.8) is 0 Å². The highest BCUT2D eigenvalue weighted by molar-refractivity contribution is 6.30. The lowest BCUT2D eigenvalue weighted by Crippen LogP contribution is -2.26. The molecule has 0 spiro atoms. The van der Waals surface area contributed by atoms with Crippen LogP contribution in [0.25, 0.3) is 5.53 Å². The van der Waals surface area contributed by atoms with Gasteiger partial charge in [-0.2, -0.15) is 4.79 Å². The summed E-state index contributed by atoms with van der Waals surface area (Å²) in [5, 5.41) is 0.597. The van der Waals surface area contributed by atoms with Gasteiger partial charge in [0.15, 0.2) is 5.76 Å². The number of allylic oxidation sites excluding steroid dienone is 2. The van der Waals surface area contributed by atoms with E-state index in [-0.39, 0.29) is 5.71 Å². The van der Waals surface area contributed by atoms with Gasteiger partial charge in [0.25, 0.3) is 0 Å². The summed E-state index contributed by atoms with van der Waals surface area (Å²) in [5.41, 5.74) is 9.27. The Bertz CT molecular complexity index is 616. The molecule has 0 radical (unpaired) electrons. The summed E-state index contributed by atoms with van der Waals surface area (Å²) >= 11 is 5.81. The number of ether oxygens (including phenoxy) is 1. The minimum Gasteiger partial charge on any atom is -0.455 e. The number of hydrogen-bond donors (Lipinski definition) is 0. The zero-order chi connectivity index (χ0) is 14.7. The van der Waals surface area contributed by atoms with Crippen molar-refractivity contribution in [3.05, 3.63) is 58.4 Å². The molecular formula is C14H13ClFN3O. The molecule has 4 nitrogen and oxygen atoms in total. The first-order valence-corrected chi connectivity index (χ1v) is 6.29. The average Bonchev–Trinajstić information content (AvgIpc) is 2.42. The number of hydrogen-bond acceptors (Lipinski definition) is 2. The molecular weight excluding hydrogens is 281 g/mol. The third kappa shape index (κ3) is 3.07. The Hall–Kier alpha value is -2.10. The molecule has 0 bridgehead atoms. The fraction of sp³-hybridized carbons (Fsp3) is 0.214. The van der Waals surface area contributed by atoms with Crippen molar-refractivity contribution >= 4 is 17.3 Å². The van der Waals surface area contributed by atoms with Crippen molar-refractivity contribution in [1.29, 1.82) is 0 Å². The summed E-state index contributed by atoms with van der Waals surface area (Å²) in [6.45, 7) is 0. The second-order valence-electron chi connectivity index (χ2n) is 4.44. The molecule has 1 aliphatic rings. The van der Waals surface area contributed by atoms with Crippen LogP contribution < -0.4 is 4.74 Å². The Morgan fingerprint density at radius 3 is 2.50 bits per heavy atom. The fourth-order valence-corrected chi connectivity index (χ4v) is 1.88. The minimum absolute atomic E-state index is 0.0976. The van der Waals surface area contributed by atoms with Gasteiger partial charge < -0.3 is 15.2 Å². The van der Waals surface area contributed by atoms with E-state index in [0.717, 1.165) is 0 Å². The quantitative estimate of drug-likeness (QED) is 0.635. The summed E-state index contributed by atoms with van der Waals surface area (Å²) in [7, 11) is 3.55. The van der Waals surface area contributed by atoms with Crippen molar-refractivity contribution in [2.75, 3.05) is 14.1 Å². The second-order valence-corrected chi connectivity index (χ2v) is 4.87. The van der Waals surface area contributed by atoms with E-state index in [1.54, 1.807) is 43.3 Å². The molecule has 6 heteroatoms. The monoisotopic (exact) mass is 293 g/mol. The van der Waals surface area contributed by atoms with E-state index in [1.807, 2.05) is 0 Å². The van der Waals surface area contributed by atoms with E-state index in [1.165, 1.54) is 12.2 Å². The highest BCUT2D eigenvalue weighted by atomic mass is 35.5. The van der Waals surface area contributed by atoms with Crippen LogP contribution >= 0.6 is 11.6 Å². The molecule has 0 heterocycles. The van der Waals surface area contributed by atoms with Crippen LogP contribution in [-0.2, 0) is 0 Å². The van der Waals surface area contributed by atoms with Gasteiger partial charge in [0.1, 0.15) is 5.75 Å². The number of benzene rings is 1. The van der Waals surface area contributed by atoms with Gasteiger partial charge in [0, 0.05) is 19.1 Å². The second kappa shape index (κ2) is 5.90. The van der Waals surface area contributed by atoms with Crippen LogP contribution in [0.2, 0.25) is 5.02 Å². The van der Waals surface area contributed by atoms with E-state index in [0.29, 0.717) is 22.2 Å². The van der Waals surface area contributed by atoms with Crippen molar-refractivity contribution in [2.24, 2.45) is 0 Å². The van der Waals surface area contributed by atoms with Gasteiger partial charge in [0.05, 0.1) is 11.8 Å². The molecule has 1 unspecified atom stereocenters. The van der Waals surface area contributed by atoms with Gasteiger partial charge in [-0.25, -0.2) is 4.39 Å². The minimum atomic E-state index is -1.46. The third-order valence-corrected chi connectivity index (χ3v) is 3.01. The van der Waals surface area contributed by atoms with E-state index in [9.17, 15) is 4.39 Å². The molecule has 1 aliphatic carbocycles. The van der Waals surface area contributed by atoms with Crippen LogP contribution in [0.15, 0.2) is 47.9 Å². The lowest BCUT2D eigenvalue weighted by atomic mass is 10.1. The predicted octanol–water partition coefficient (Wildman–Crippen LogP) is 3.07. The molecule has 2 rings (SSSR count). The van der Waals surface area contributed by atoms with Crippen LogP contribution in [0.4, 0.5) is 4.39 Å². The lowest BCUT2D eigenvalue weighted by molar-refractivity contribution is -0.0111.